The fraction of sp³-hybridized carbons (Fsp3) is 0.120. The SMILES string of the molecule is C[Si](C)=[Zr+2]([C]1=c2ccccc2=CC1(Cc1ccco1)c1cccc2ccccc12)[C]1=c2ccccc2=CC1(Cc1ccco1)c1cccc2ccccc12.[Cl-].[Cl-]. The van der Waals surface area contributed by atoms with E-state index in [0.29, 0.717) is 0 Å². The first kappa shape index (κ1) is 38.4. The molecule has 0 saturated heterocycles. The van der Waals surface area contributed by atoms with Crippen molar-refractivity contribution in [2.75, 3.05) is 0 Å². The summed E-state index contributed by atoms with van der Waals surface area (Å²) in [6, 6.07) is 58.8. The zero-order valence-corrected chi connectivity index (χ0v) is 36.3. The Morgan fingerprint density at radius 1 is 0.464 bits per heavy atom. The maximum atomic E-state index is 6.32. The minimum absolute atomic E-state index is 0. The fourth-order valence-corrected chi connectivity index (χ4v) is 29.0. The van der Waals surface area contributed by atoms with Gasteiger partial charge in [-0.1, -0.05) is 0 Å². The van der Waals surface area contributed by atoms with Crippen LogP contribution in [-0.2, 0) is 44.0 Å². The summed E-state index contributed by atoms with van der Waals surface area (Å²) in [5, 5.41) is 10.7. The molecule has 56 heavy (non-hydrogen) atoms. The topological polar surface area (TPSA) is 26.3 Å². The Kier molecular flexibility index (Phi) is 10.6. The van der Waals surface area contributed by atoms with Gasteiger partial charge < -0.3 is 24.8 Å². The molecule has 0 spiro atoms. The van der Waals surface area contributed by atoms with E-state index in [4.69, 9.17) is 8.83 Å². The Morgan fingerprint density at radius 3 is 1.30 bits per heavy atom. The number of fused-ring (bicyclic) bond motifs is 4. The summed E-state index contributed by atoms with van der Waals surface area (Å²) in [7, 11) is 0. The van der Waals surface area contributed by atoms with E-state index in [1.165, 1.54) is 53.5 Å². The molecule has 0 amide bonds. The van der Waals surface area contributed by atoms with Crippen molar-refractivity contribution in [3.63, 3.8) is 0 Å². The van der Waals surface area contributed by atoms with Crippen LogP contribution in [0, 0.1) is 0 Å². The van der Waals surface area contributed by atoms with Gasteiger partial charge in [-0.25, -0.2) is 0 Å². The molecule has 8 aromatic rings. The average Bonchev–Trinajstić information content (AvgIpc) is 4.02. The molecule has 0 radical (unpaired) electrons. The van der Waals surface area contributed by atoms with Crippen molar-refractivity contribution in [3.8, 4) is 0 Å². The van der Waals surface area contributed by atoms with E-state index in [2.05, 4.69) is 171 Å². The summed E-state index contributed by atoms with van der Waals surface area (Å²) in [5.41, 5.74) is 1.06. The number of halogens is 2. The third-order valence-electron chi connectivity index (χ3n) is 11.8. The van der Waals surface area contributed by atoms with Crippen LogP contribution in [0.2, 0.25) is 13.1 Å². The minimum atomic E-state index is -3.02. The Hall–Kier alpha value is -4.44. The van der Waals surface area contributed by atoms with Crippen LogP contribution >= 0.6 is 0 Å². The molecular formula is C50H40Cl2O2SiZr. The first-order valence-electron chi connectivity index (χ1n) is 18.9. The van der Waals surface area contributed by atoms with Crippen molar-refractivity contribution in [2.24, 2.45) is 0 Å². The summed E-state index contributed by atoms with van der Waals surface area (Å²) in [6.45, 7) is 5.23. The van der Waals surface area contributed by atoms with Gasteiger partial charge in [0.2, 0.25) is 0 Å². The summed E-state index contributed by atoms with van der Waals surface area (Å²) in [4.78, 5) is 0. The molecule has 0 fully saturated rings. The molecule has 2 aliphatic rings. The molecular weight excluding hydrogens is 823 g/mol. The standard InChI is InChI=1S/2C24H17O.C2H6Si.2ClH.Zr/c2*1-2-9-20-16-24(15-19(20)8-1,17-21-11-6-14-25-21)23-13-5-10-18-7-3-4-12-22(18)23;1-3-2;;;/h2*1-15H,17H2;1-2H3;2*1H;/q;;;;;+2/p-2. The quantitative estimate of drug-likeness (QED) is 0.220. The molecule has 0 N–H and O–H groups in total. The third kappa shape index (κ3) is 6.18. The van der Waals surface area contributed by atoms with E-state index in [-0.39, 0.29) is 24.8 Å². The monoisotopic (exact) mass is 860 g/mol. The van der Waals surface area contributed by atoms with Gasteiger partial charge in [-0.05, 0) is 0 Å². The van der Waals surface area contributed by atoms with Crippen LogP contribution in [0.25, 0.3) is 40.3 Å². The molecule has 2 aromatic heterocycles. The van der Waals surface area contributed by atoms with Crippen LogP contribution < -0.4 is 45.7 Å². The number of hydrogen-bond donors (Lipinski definition) is 0. The number of furan rings is 2. The number of hydrogen-bond acceptors (Lipinski definition) is 2. The second-order valence-electron chi connectivity index (χ2n) is 15.1. The van der Waals surface area contributed by atoms with E-state index < -0.39 is 36.6 Å². The van der Waals surface area contributed by atoms with E-state index in [1.54, 1.807) is 6.56 Å². The molecule has 2 nitrogen and oxygen atoms in total. The van der Waals surface area contributed by atoms with Gasteiger partial charge in [-0.3, -0.25) is 0 Å². The molecule has 2 heterocycles. The fourth-order valence-electron chi connectivity index (χ4n) is 9.70. The Balaban J connectivity index is 0.00000220. The van der Waals surface area contributed by atoms with Crippen molar-refractivity contribution in [1.82, 2.24) is 0 Å². The van der Waals surface area contributed by atoms with Crippen molar-refractivity contribution >= 4 is 45.7 Å². The van der Waals surface area contributed by atoms with Crippen LogP contribution in [0.4, 0.5) is 0 Å². The van der Waals surface area contributed by atoms with Crippen LogP contribution in [0.3, 0.4) is 0 Å². The van der Waals surface area contributed by atoms with Crippen LogP contribution in [0.15, 0.2) is 179 Å². The summed E-state index contributed by atoms with van der Waals surface area (Å²) in [5.74, 6) is 2.04. The van der Waals surface area contributed by atoms with Crippen molar-refractivity contribution < 1.29 is 54.0 Å². The zero-order valence-electron chi connectivity index (χ0n) is 31.3. The third-order valence-corrected chi connectivity index (χ3v) is 29.1. The second kappa shape index (κ2) is 15.5. The van der Waals surface area contributed by atoms with Gasteiger partial charge in [0.1, 0.15) is 0 Å². The summed E-state index contributed by atoms with van der Waals surface area (Å²) >= 11 is -3.02. The molecule has 274 valence electrons. The first-order chi connectivity index (χ1) is 26.6. The molecule has 0 aliphatic heterocycles. The normalized spacial score (nSPS) is 17.9. The molecule has 2 aliphatic carbocycles. The Labute approximate surface area is 347 Å². The van der Waals surface area contributed by atoms with E-state index in [9.17, 15) is 0 Å². The van der Waals surface area contributed by atoms with Crippen LogP contribution in [-0.4, -0.2) is 5.43 Å². The number of benzene rings is 6. The Bertz CT molecular complexity index is 2830. The predicted molar refractivity (Wildman–Crippen MR) is 221 cm³/mol. The first-order valence-corrected chi connectivity index (χ1v) is 27.6. The molecule has 0 bridgehead atoms. The summed E-state index contributed by atoms with van der Waals surface area (Å²) in [6.07, 6.45) is 10.5. The molecule has 2 atom stereocenters. The van der Waals surface area contributed by atoms with Crippen molar-refractivity contribution in [2.45, 2.75) is 36.8 Å². The largest absolute Gasteiger partial charge is 1.00 e. The maximum absolute atomic E-state index is 6.32. The van der Waals surface area contributed by atoms with E-state index in [0.717, 1.165) is 24.4 Å². The second-order valence-corrected chi connectivity index (χ2v) is 31.7. The van der Waals surface area contributed by atoms with E-state index >= 15 is 0 Å². The smallest absolute Gasteiger partial charge is 1.00 e. The van der Waals surface area contributed by atoms with Crippen molar-refractivity contribution in [3.05, 3.63) is 214 Å². The van der Waals surface area contributed by atoms with Gasteiger partial charge in [0.25, 0.3) is 0 Å². The maximum Gasteiger partial charge on any atom is -1.00 e. The van der Waals surface area contributed by atoms with Gasteiger partial charge in [0.15, 0.2) is 0 Å². The van der Waals surface area contributed by atoms with Gasteiger partial charge >= 0.3 is 325 Å². The Morgan fingerprint density at radius 2 is 0.875 bits per heavy atom. The molecule has 10 rings (SSSR count). The van der Waals surface area contributed by atoms with Gasteiger partial charge in [-0.2, -0.15) is 0 Å². The van der Waals surface area contributed by atoms with Crippen LogP contribution in [0.5, 0.6) is 0 Å². The molecule has 6 heteroatoms. The average molecular weight is 863 g/mol. The summed E-state index contributed by atoms with van der Waals surface area (Å²) < 4.78 is 16.0. The minimum Gasteiger partial charge on any atom is -1.00 e. The van der Waals surface area contributed by atoms with Crippen LogP contribution in [0.1, 0.15) is 22.6 Å². The van der Waals surface area contributed by atoms with Gasteiger partial charge in [0.05, 0.1) is 0 Å². The molecule has 2 unspecified atom stereocenters. The van der Waals surface area contributed by atoms with Gasteiger partial charge in [0, 0.05) is 0 Å². The van der Waals surface area contributed by atoms with Gasteiger partial charge in [-0.15, -0.1) is 0 Å². The van der Waals surface area contributed by atoms with Crippen molar-refractivity contribution in [1.29, 1.82) is 0 Å². The number of rotatable bonds is 8. The molecule has 6 aromatic carbocycles. The van der Waals surface area contributed by atoms with E-state index in [1.807, 2.05) is 24.7 Å². The predicted octanol–water partition coefficient (Wildman–Crippen LogP) is 2.92. The molecule has 0 saturated carbocycles. The zero-order chi connectivity index (χ0) is 36.3.